The Kier molecular flexibility index (Phi) is 8.79. The van der Waals surface area contributed by atoms with E-state index < -0.39 is 12.1 Å². The van der Waals surface area contributed by atoms with Gasteiger partial charge in [0.2, 0.25) is 5.88 Å². The molecule has 4 rings (SSSR count). The number of aromatic nitrogens is 1. The molecule has 1 aliphatic rings. The van der Waals surface area contributed by atoms with Gasteiger partial charge in [-0.3, -0.25) is 4.79 Å². The molecule has 0 unspecified atom stereocenters. The van der Waals surface area contributed by atoms with Gasteiger partial charge in [0, 0.05) is 45.4 Å². The van der Waals surface area contributed by atoms with Gasteiger partial charge in [-0.15, -0.1) is 0 Å². The van der Waals surface area contributed by atoms with Crippen molar-refractivity contribution in [2.24, 2.45) is 5.92 Å². The Morgan fingerprint density at radius 2 is 1.92 bits per heavy atom. The van der Waals surface area contributed by atoms with Gasteiger partial charge in [-0.1, -0.05) is 37.0 Å². The number of para-hydroxylation sites is 1. The number of fused-ring (bicyclic) bond motifs is 1. The Balaban J connectivity index is 0.00000294. The summed E-state index contributed by atoms with van der Waals surface area (Å²) in [5.41, 5.74) is 1.99. The molecule has 0 aliphatic carbocycles. The lowest BCUT2D eigenvalue weighted by Gasteiger charge is -2.37. The van der Waals surface area contributed by atoms with Gasteiger partial charge >= 0.3 is 6.03 Å². The number of urea groups is 1. The second-order valence-corrected chi connectivity index (χ2v) is 9.63. The molecule has 0 saturated heterocycles. The van der Waals surface area contributed by atoms with Gasteiger partial charge in [0.25, 0.3) is 5.91 Å². The van der Waals surface area contributed by atoms with Gasteiger partial charge in [0.1, 0.15) is 17.5 Å². The summed E-state index contributed by atoms with van der Waals surface area (Å²) < 4.78 is 19.5. The van der Waals surface area contributed by atoms with Gasteiger partial charge in [0.05, 0.1) is 19.2 Å². The number of nitrogens with zero attached hydrogens (tertiary/aromatic N) is 3. The topological polar surface area (TPSA) is 95.0 Å². The van der Waals surface area contributed by atoms with Gasteiger partial charge in [-0.05, 0) is 49.4 Å². The minimum absolute atomic E-state index is 0. The Morgan fingerprint density at radius 1 is 1.23 bits per heavy atom. The predicted octanol–water partition coefficient (Wildman–Crippen LogP) is 4.50. The summed E-state index contributed by atoms with van der Waals surface area (Å²) in [5, 5.41) is 12.7. The minimum Gasteiger partial charge on any atom is -0.472 e. The van der Waals surface area contributed by atoms with Crippen LogP contribution in [0, 0.1) is 23.6 Å². The first-order chi connectivity index (χ1) is 18.7. The Morgan fingerprint density at radius 3 is 2.62 bits per heavy atom. The van der Waals surface area contributed by atoms with Crippen LogP contribution in [0.15, 0.2) is 66.9 Å². The van der Waals surface area contributed by atoms with E-state index in [-0.39, 0.29) is 51.1 Å². The lowest BCUT2D eigenvalue weighted by Crippen LogP contribution is -2.50. The highest BCUT2D eigenvalue weighted by atomic mass is 19.1. The molecule has 3 atom stereocenters. The number of ether oxygens (including phenoxy) is 1. The molecular weight excluding hydrogens is 499 g/mol. The molecule has 0 saturated carbocycles. The first-order valence-electron chi connectivity index (χ1n) is 12.7. The molecule has 1 aromatic heterocycles. The van der Waals surface area contributed by atoms with E-state index in [0.29, 0.717) is 23.4 Å². The summed E-state index contributed by atoms with van der Waals surface area (Å²) in [6.45, 7) is 4.04. The normalized spacial score (nSPS) is 17.5. The number of nitrogens with one attached hydrogen (secondary N) is 1. The van der Waals surface area contributed by atoms with Crippen LogP contribution in [-0.4, -0.2) is 70.7 Å². The molecule has 0 radical (unpaired) electrons. The number of likely N-dealkylation sites (N-methyl/N-ethyl adjacent to an activating group) is 1. The maximum atomic E-state index is 13.6. The van der Waals surface area contributed by atoms with Crippen molar-refractivity contribution in [3.63, 3.8) is 0 Å². The van der Waals surface area contributed by atoms with Crippen molar-refractivity contribution in [2.45, 2.75) is 26.0 Å². The van der Waals surface area contributed by atoms with Crippen LogP contribution < -0.4 is 10.1 Å². The van der Waals surface area contributed by atoms with E-state index in [1.54, 1.807) is 49.2 Å². The molecule has 1 aliphatic heterocycles. The number of hydrogen-bond donors (Lipinski definition) is 2. The smallest absolute Gasteiger partial charge is 0.321 e. The van der Waals surface area contributed by atoms with Gasteiger partial charge in [0.15, 0.2) is 0 Å². The van der Waals surface area contributed by atoms with Crippen molar-refractivity contribution >= 4 is 17.6 Å². The summed E-state index contributed by atoms with van der Waals surface area (Å²) in [7, 11) is 1.68. The molecular formula is C30H35FN4O4. The molecule has 2 aromatic carbocycles. The summed E-state index contributed by atoms with van der Waals surface area (Å²) in [5.74, 6) is 5.18. The van der Waals surface area contributed by atoms with E-state index in [4.69, 9.17) is 4.74 Å². The number of anilines is 1. The molecule has 3 amide bonds. The lowest BCUT2D eigenvalue weighted by molar-refractivity contribution is 0.0356. The first kappa shape index (κ1) is 27.6. The Bertz CT molecular complexity index is 1380. The molecule has 9 heteroatoms. The predicted molar refractivity (Wildman–Crippen MR) is 150 cm³/mol. The number of hydrogen-bond acceptors (Lipinski definition) is 5. The van der Waals surface area contributed by atoms with Crippen LogP contribution in [0.2, 0.25) is 0 Å². The Hall–Kier alpha value is -4.42. The van der Waals surface area contributed by atoms with Crippen molar-refractivity contribution in [3.05, 3.63) is 89.4 Å². The molecule has 0 spiro atoms. The van der Waals surface area contributed by atoms with Crippen molar-refractivity contribution in [1.82, 2.24) is 14.8 Å². The number of rotatable bonds is 5. The highest BCUT2D eigenvalue weighted by molar-refractivity contribution is 5.97. The summed E-state index contributed by atoms with van der Waals surface area (Å²) >= 11 is 0. The van der Waals surface area contributed by atoms with Crippen LogP contribution in [0.5, 0.6) is 5.88 Å². The highest BCUT2D eigenvalue weighted by Gasteiger charge is 2.34. The third-order valence-corrected chi connectivity index (χ3v) is 6.54. The molecule has 8 nitrogen and oxygen atoms in total. The zero-order valence-electron chi connectivity index (χ0n) is 22.1. The number of carbonyl (C=O) groups is 2. The molecule has 0 bridgehead atoms. The second kappa shape index (κ2) is 12.4. The van der Waals surface area contributed by atoms with E-state index in [1.807, 2.05) is 25.1 Å². The Labute approximate surface area is 230 Å². The third-order valence-electron chi connectivity index (χ3n) is 6.54. The van der Waals surface area contributed by atoms with Crippen LogP contribution in [0.1, 0.15) is 38.2 Å². The van der Waals surface area contributed by atoms with Crippen LogP contribution in [0.3, 0.4) is 0 Å². The van der Waals surface area contributed by atoms with Crippen LogP contribution >= 0.6 is 0 Å². The van der Waals surface area contributed by atoms with E-state index in [9.17, 15) is 19.1 Å². The van der Waals surface area contributed by atoms with Crippen molar-refractivity contribution in [2.75, 3.05) is 32.1 Å². The molecule has 39 heavy (non-hydrogen) atoms. The van der Waals surface area contributed by atoms with E-state index in [2.05, 4.69) is 22.1 Å². The number of halogens is 1. The standard InChI is InChI=1S/C30H31FN4O4.2H2/c1-20-17-35(21(2)19-36)29(37)26-15-23(10-9-22-11-13-24(31)14-12-22)16-32-28(26)39-27(20)18-34(3)30(38)33-25-7-5-4-6-8-25;;/h4-8,11-16,20-21,27,36H,17-19H2,1-3H3,(H,33,38);2*1H/t20-,21+,27-;;/m0../s1. The molecule has 206 valence electrons. The summed E-state index contributed by atoms with van der Waals surface area (Å²) in [6.07, 6.45) is 1.03. The number of benzene rings is 2. The SMILES string of the molecule is C[C@H](CO)N1C[C@H](C)[C@H](CN(C)C(=O)Nc2ccccc2)Oc2ncc(C#Cc3ccc(F)cc3)cc2C1=O.[HH].[HH]. The second-order valence-electron chi connectivity index (χ2n) is 9.63. The zero-order chi connectivity index (χ0) is 27.9. The molecule has 0 fully saturated rings. The number of carbonyl (C=O) groups excluding carboxylic acids is 2. The lowest BCUT2D eigenvalue weighted by atomic mass is 10.00. The fraction of sp³-hybridized carbons (Fsp3) is 0.300. The van der Waals surface area contributed by atoms with Crippen molar-refractivity contribution in [3.8, 4) is 17.7 Å². The minimum atomic E-state index is -0.486. The fourth-order valence-electron chi connectivity index (χ4n) is 4.16. The van der Waals surface area contributed by atoms with Gasteiger partial charge < -0.3 is 25.0 Å². The van der Waals surface area contributed by atoms with Crippen LogP contribution in [0.25, 0.3) is 0 Å². The number of pyridine rings is 1. The largest absolute Gasteiger partial charge is 0.472 e. The fourth-order valence-corrected chi connectivity index (χ4v) is 4.16. The third kappa shape index (κ3) is 6.92. The molecule has 2 N–H and O–H groups in total. The van der Waals surface area contributed by atoms with Crippen molar-refractivity contribution in [1.29, 1.82) is 0 Å². The first-order valence-corrected chi connectivity index (χ1v) is 12.7. The monoisotopic (exact) mass is 534 g/mol. The van der Waals surface area contributed by atoms with E-state index in [1.165, 1.54) is 23.2 Å². The van der Waals surface area contributed by atoms with Crippen LogP contribution in [0.4, 0.5) is 14.9 Å². The average molecular weight is 535 g/mol. The quantitative estimate of drug-likeness (QED) is 0.470. The number of aliphatic hydroxyl groups is 1. The maximum absolute atomic E-state index is 13.6. The zero-order valence-corrected chi connectivity index (χ0v) is 22.1. The average Bonchev–Trinajstić information content (AvgIpc) is 2.94. The van der Waals surface area contributed by atoms with E-state index >= 15 is 0 Å². The van der Waals surface area contributed by atoms with Crippen LogP contribution in [-0.2, 0) is 0 Å². The number of aliphatic hydroxyl groups excluding tert-OH is 1. The van der Waals surface area contributed by atoms with E-state index in [0.717, 1.165) is 0 Å². The highest BCUT2D eigenvalue weighted by Crippen LogP contribution is 2.27. The van der Waals surface area contributed by atoms with Crippen molar-refractivity contribution < 1.29 is 26.7 Å². The number of amides is 3. The molecule has 3 aromatic rings. The maximum Gasteiger partial charge on any atom is 0.321 e. The summed E-state index contributed by atoms with van der Waals surface area (Å²) in [4.78, 5) is 33.9. The van der Waals surface area contributed by atoms with Gasteiger partial charge in [-0.25, -0.2) is 14.2 Å². The molecule has 2 heterocycles. The summed E-state index contributed by atoms with van der Waals surface area (Å²) in [6, 6.07) is 15.8. The van der Waals surface area contributed by atoms with Gasteiger partial charge in [-0.2, -0.15) is 0 Å².